The van der Waals surface area contributed by atoms with Crippen molar-refractivity contribution in [3.63, 3.8) is 0 Å². The fourth-order valence-electron chi connectivity index (χ4n) is 2.24. The Balaban J connectivity index is 1.43. The van der Waals surface area contributed by atoms with Gasteiger partial charge in [-0.1, -0.05) is 29.8 Å². The van der Waals surface area contributed by atoms with E-state index in [-0.39, 0.29) is 18.9 Å². The van der Waals surface area contributed by atoms with Crippen molar-refractivity contribution in [2.75, 3.05) is 6.61 Å². The van der Waals surface area contributed by atoms with E-state index < -0.39 is 5.91 Å². The van der Waals surface area contributed by atoms with Crippen LogP contribution in [0.15, 0.2) is 48.5 Å². The van der Waals surface area contributed by atoms with Crippen molar-refractivity contribution < 1.29 is 14.3 Å². The lowest BCUT2D eigenvalue weighted by Crippen LogP contribution is -2.44. The summed E-state index contributed by atoms with van der Waals surface area (Å²) in [5.74, 6) is 0.305. The molecule has 0 aliphatic heterocycles. The molecule has 0 bridgehead atoms. The molecule has 128 valence electrons. The fourth-order valence-corrected chi connectivity index (χ4v) is 2.24. The minimum absolute atomic E-state index is 0.0355. The molecule has 1 aromatic heterocycles. The van der Waals surface area contributed by atoms with Crippen LogP contribution in [-0.4, -0.2) is 28.4 Å². The van der Waals surface area contributed by atoms with Crippen molar-refractivity contribution >= 4 is 22.8 Å². The molecule has 7 heteroatoms. The molecule has 0 unspecified atom stereocenters. The lowest BCUT2D eigenvalue weighted by molar-refractivity contribution is -0.129. The number of carbonyl (C=O) groups excluding carboxylic acids is 2. The Kier molecular flexibility index (Phi) is 4.94. The van der Waals surface area contributed by atoms with Gasteiger partial charge in [0.15, 0.2) is 6.61 Å². The van der Waals surface area contributed by atoms with Crippen molar-refractivity contribution in [3.8, 4) is 5.75 Å². The third kappa shape index (κ3) is 4.57. The number of hydrogen-bond acceptors (Lipinski definition) is 4. The molecule has 7 nitrogen and oxygen atoms in total. The zero-order valence-corrected chi connectivity index (χ0v) is 13.7. The fraction of sp³-hybridized carbons (Fsp3) is 0.167. The minimum atomic E-state index is -0.446. The highest BCUT2D eigenvalue weighted by atomic mass is 16.5. The van der Waals surface area contributed by atoms with Gasteiger partial charge in [-0.2, -0.15) is 0 Å². The molecule has 0 saturated carbocycles. The Labute approximate surface area is 144 Å². The van der Waals surface area contributed by atoms with Crippen LogP contribution in [0.2, 0.25) is 0 Å². The van der Waals surface area contributed by atoms with E-state index in [1.807, 2.05) is 43.3 Å². The van der Waals surface area contributed by atoms with Crippen LogP contribution in [0.4, 0.5) is 0 Å². The minimum Gasteiger partial charge on any atom is -0.484 e. The molecule has 2 aromatic carbocycles. The molecule has 25 heavy (non-hydrogen) atoms. The summed E-state index contributed by atoms with van der Waals surface area (Å²) in [4.78, 5) is 31.0. The molecule has 0 saturated heterocycles. The van der Waals surface area contributed by atoms with Gasteiger partial charge in [0.25, 0.3) is 5.91 Å². The molecule has 3 rings (SSSR count). The molecule has 1 heterocycles. The van der Waals surface area contributed by atoms with E-state index in [2.05, 4.69) is 20.8 Å². The second-order valence-corrected chi connectivity index (χ2v) is 5.58. The Morgan fingerprint density at radius 1 is 1.04 bits per heavy atom. The molecule has 0 spiro atoms. The van der Waals surface area contributed by atoms with Crippen molar-refractivity contribution in [3.05, 3.63) is 59.9 Å². The Morgan fingerprint density at radius 2 is 1.76 bits per heavy atom. The number of para-hydroxylation sites is 2. The van der Waals surface area contributed by atoms with E-state index in [1.165, 1.54) is 0 Å². The van der Waals surface area contributed by atoms with Crippen LogP contribution in [0.1, 0.15) is 11.4 Å². The summed E-state index contributed by atoms with van der Waals surface area (Å²) in [7, 11) is 0. The van der Waals surface area contributed by atoms with Crippen LogP contribution in [0, 0.1) is 6.92 Å². The number of benzene rings is 2. The lowest BCUT2D eigenvalue weighted by Gasteiger charge is -2.08. The number of hydrazine groups is 1. The molecule has 0 fully saturated rings. The molecule has 3 aromatic rings. The van der Waals surface area contributed by atoms with Gasteiger partial charge in [-0.15, -0.1) is 0 Å². The number of nitrogens with one attached hydrogen (secondary N) is 3. The van der Waals surface area contributed by atoms with Gasteiger partial charge in [-0.3, -0.25) is 20.4 Å². The highest BCUT2D eigenvalue weighted by Crippen LogP contribution is 2.11. The average molecular weight is 338 g/mol. The smallest absolute Gasteiger partial charge is 0.276 e. The summed E-state index contributed by atoms with van der Waals surface area (Å²) >= 11 is 0. The van der Waals surface area contributed by atoms with Gasteiger partial charge in [0.05, 0.1) is 17.5 Å². The summed E-state index contributed by atoms with van der Waals surface area (Å²) in [5, 5.41) is 0. The Hall–Kier alpha value is -3.35. The van der Waals surface area contributed by atoms with Crippen LogP contribution in [0.5, 0.6) is 5.75 Å². The van der Waals surface area contributed by atoms with Crippen LogP contribution >= 0.6 is 0 Å². The lowest BCUT2D eigenvalue weighted by atomic mass is 10.2. The number of carbonyl (C=O) groups is 2. The van der Waals surface area contributed by atoms with E-state index in [0.717, 1.165) is 16.6 Å². The number of aryl methyl sites for hydroxylation is 1. The Bertz CT molecular complexity index is 854. The number of nitrogens with zero attached hydrogens (tertiary/aromatic N) is 1. The predicted octanol–water partition coefficient (Wildman–Crippen LogP) is 1.64. The number of fused-ring (bicyclic) bond motifs is 1. The van der Waals surface area contributed by atoms with Gasteiger partial charge in [0.1, 0.15) is 11.6 Å². The number of ether oxygens (including phenoxy) is 1. The number of hydrogen-bond donors (Lipinski definition) is 3. The van der Waals surface area contributed by atoms with Crippen molar-refractivity contribution in [1.82, 2.24) is 20.8 Å². The normalized spacial score (nSPS) is 10.4. The number of aromatic amines is 1. The molecule has 2 amide bonds. The summed E-state index contributed by atoms with van der Waals surface area (Å²) in [6.45, 7) is 1.78. The number of amides is 2. The first kappa shape index (κ1) is 16.5. The maximum atomic E-state index is 11.9. The van der Waals surface area contributed by atoms with Crippen LogP contribution in [0.3, 0.4) is 0 Å². The average Bonchev–Trinajstić information content (AvgIpc) is 3.01. The standard InChI is InChI=1S/C18H18N4O3/c1-12-6-8-13(9-7-12)25-11-18(24)22-21-17(23)10-16-19-14-4-2-3-5-15(14)20-16/h2-9H,10-11H2,1H3,(H,19,20)(H,21,23)(H,22,24). The van der Waals surface area contributed by atoms with Crippen molar-refractivity contribution in [2.24, 2.45) is 0 Å². The third-order valence-corrected chi connectivity index (χ3v) is 3.50. The van der Waals surface area contributed by atoms with E-state index in [9.17, 15) is 9.59 Å². The molecular formula is C18H18N4O3. The second-order valence-electron chi connectivity index (χ2n) is 5.58. The van der Waals surface area contributed by atoms with Gasteiger partial charge in [0, 0.05) is 0 Å². The molecule has 0 aliphatic rings. The summed E-state index contributed by atoms with van der Waals surface area (Å²) in [5.41, 5.74) is 7.42. The van der Waals surface area contributed by atoms with Crippen molar-refractivity contribution in [2.45, 2.75) is 13.3 Å². The Morgan fingerprint density at radius 3 is 2.52 bits per heavy atom. The van der Waals surface area contributed by atoms with Gasteiger partial charge in [-0.25, -0.2) is 4.98 Å². The van der Waals surface area contributed by atoms with E-state index >= 15 is 0 Å². The first-order valence-electron chi connectivity index (χ1n) is 7.81. The quantitative estimate of drug-likeness (QED) is 0.616. The number of rotatable bonds is 5. The monoisotopic (exact) mass is 338 g/mol. The largest absolute Gasteiger partial charge is 0.484 e. The topological polar surface area (TPSA) is 96.1 Å². The number of imidazole rings is 1. The third-order valence-electron chi connectivity index (χ3n) is 3.50. The predicted molar refractivity (Wildman–Crippen MR) is 92.8 cm³/mol. The van der Waals surface area contributed by atoms with Crippen LogP contribution in [-0.2, 0) is 16.0 Å². The number of H-pyrrole nitrogens is 1. The van der Waals surface area contributed by atoms with Crippen molar-refractivity contribution in [1.29, 1.82) is 0 Å². The highest BCUT2D eigenvalue weighted by Gasteiger charge is 2.09. The zero-order chi connectivity index (χ0) is 17.6. The molecule has 0 atom stereocenters. The first-order chi connectivity index (χ1) is 12.1. The van der Waals surface area contributed by atoms with Crippen LogP contribution in [0.25, 0.3) is 11.0 Å². The van der Waals surface area contributed by atoms with E-state index in [1.54, 1.807) is 12.1 Å². The first-order valence-corrected chi connectivity index (χ1v) is 7.81. The second kappa shape index (κ2) is 7.48. The number of aromatic nitrogens is 2. The van der Waals surface area contributed by atoms with E-state index in [4.69, 9.17) is 4.74 Å². The van der Waals surface area contributed by atoms with E-state index in [0.29, 0.717) is 11.6 Å². The maximum Gasteiger partial charge on any atom is 0.276 e. The van der Waals surface area contributed by atoms with Crippen LogP contribution < -0.4 is 15.6 Å². The summed E-state index contributed by atoms with van der Waals surface area (Å²) in [6.07, 6.45) is 0.0355. The van der Waals surface area contributed by atoms with Gasteiger partial charge in [0.2, 0.25) is 5.91 Å². The molecule has 0 radical (unpaired) electrons. The van der Waals surface area contributed by atoms with Gasteiger partial charge in [-0.05, 0) is 31.2 Å². The van der Waals surface area contributed by atoms with Gasteiger partial charge < -0.3 is 9.72 Å². The molecule has 0 aliphatic carbocycles. The SMILES string of the molecule is Cc1ccc(OCC(=O)NNC(=O)Cc2nc3ccccc3[nH]2)cc1. The molecule has 3 N–H and O–H groups in total. The molecular weight excluding hydrogens is 320 g/mol. The summed E-state index contributed by atoms with van der Waals surface area (Å²) in [6, 6.07) is 14.8. The zero-order valence-electron chi connectivity index (χ0n) is 13.7. The maximum absolute atomic E-state index is 11.9. The van der Waals surface area contributed by atoms with Gasteiger partial charge >= 0.3 is 0 Å². The highest BCUT2D eigenvalue weighted by molar-refractivity contribution is 5.84. The summed E-state index contributed by atoms with van der Waals surface area (Å²) < 4.78 is 5.33.